The molecule has 1 aromatic heterocycles. The van der Waals surface area contributed by atoms with Crippen molar-refractivity contribution < 1.29 is 4.42 Å². The van der Waals surface area contributed by atoms with Gasteiger partial charge in [0.25, 0.3) is 0 Å². The van der Waals surface area contributed by atoms with Crippen LogP contribution < -0.4 is 0 Å². The summed E-state index contributed by atoms with van der Waals surface area (Å²) in [7, 11) is 0. The molecule has 0 unspecified atom stereocenters. The molecule has 0 amide bonds. The van der Waals surface area contributed by atoms with Gasteiger partial charge in [0.15, 0.2) is 0 Å². The standard InChI is InChI=1S/C24H16OS2/c1-3-9-17(10-4-1)26-21-15-7-13-19-23(21)24-20(25-19)14-8-16-22(24)27-18-11-5-2-6-12-18/h1-16H. The van der Waals surface area contributed by atoms with Crippen molar-refractivity contribution >= 4 is 45.5 Å². The molecule has 0 bridgehead atoms. The summed E-state index contributed by atoms with van der Waals surface area (Å²) in [6.45, 7) is 0. The van der Waals surface area contributed by atoms with Gasteiger partial charge in [0.05, 0.1) is 0 Å². The highest BCUT2D eigenvalue weighted by atomic mass is 32.2. The first-order valence-corrected chi connectivity index (χ1v) is 10.4. The second kappa shape index (κ2) is 7.18. The fraction of sp³-hybridized carbons (Fsp3) is 0. The summed E-state index contributed by atoms with van der Waals surface area (Å²) >= 11 is 3.56. The highest BCUT2D eigenvalue weighted by Gasteiger charge is 2.15. The van der Waals surface area contributed by atoms with E-state index in [1.165, 1.54) is 30.4 Å². The molecule has 0 aliphatic heterocycles. The molecule has 3 heteroatoms. The Morgan fingerprint density at radius 3 is 1.33 bits per heavy atom. The highest BCUT2D eigenvalue weighted by molar-refractivity contribution is 8.00. The third kappa shape index (κ3) is 3.25. The van der Waals surface area contributed by atoms with Crippen molar-refractivity contribution in [2.45, 2.75) is 19.6 Å². The minimum Gasteiger partial charge on any atom is -0.456 e. The summed E-state index contributed by atoms with van der Waals surface area (Å²) < 4.78 is 6.18. The summed E-state index contributed by atoms with van der Waals surface area (Å²) in [5.41, 5.74) is 1.87. The van der Waals surface area contributed by atoms with Gasteiger partial charge in [-0.3, -0.25) is 0 Å². The Bertz CT molecular complexity index is 1120. The molecule has 4 aromatic carbocycles. The van der Waals surface area contributed by atoms with E-state index in [9.17, 15) is 0 Å². The molecule has 130 valence electrons. The maximum Gasteiger partial charge on any atom is 0.136 e. The minimum absolute atomic E-state index is 0.937. The van der Waals surface area contributed by atoms with Crippen LogP contribution in [0.5, 0.6) is 0 Å². The van der Waals surface area contributed by atoms with Crippen LogP contribution in [-0.2, 0) is 0 Å². The second-order valence-corrected chi connectivity index (χ2v) is 8.42. The lowest BCUT2D eigenvalue weighted by atomic mass is 10.1. The van der Waals surface area contributed by atoms with Gasteiger partial charge in [0.2, 0.25) is 0 Å². The van der Waals surface area contributed by atoms with Crippen LogP contribution in [0.15, 0.2) is 121 Å². The average Bonchev–Trinajstić information content (AvgIpc) is 3.10. The van der Waals surface area contributed by atoms with E-state index in [4.69, 9.17) is 4.42 Å². The van der Waals surface area contributed by atoms with E-state index < -0.39 is 0 Å². The molecule has 0 radical (unpaired) electrons. The van der Waals surface area contributed by atoms with Crippen LogP contribution in [0.25, 0.3) is 21.9 Å². The minimum atomic E-state index is 0.937. The van der Waals surface area contributed by atoms with E-state index in [0.29, 0.717) is 0 Å². The molecule has 0 fully saturated rings. The fourth-order valence-electron chi connectivity index (χ4n) is 3.20. The third-order valence-corrected chi connectivity index (χ3v) is 6.52. The normalized spacial score (nSPS) is 11.3. The van der Waals surface area contributed by atoms with Crippen LogP contribution in [0, 0.1) is 0 Å². The van der Waals surface area contributed by atoms with Crippen molar-refractivity contribution in [3.63, 3.8) is 0 Å². The topological polar surface area (TPSA) is 13.1 Å². The highest BCUT2D eigenvalue weighted by Crippen LogP contribution is 2.43. The lowest BCUT2D eigenvalue weighted by Gasteiger charge is -2.06. The lowest BCUT2D eigenvalue weighted by Crippen LogP contribution is -1.79. The Kier molecular flexibility index (Phi) is 4.40. The van der Waals surface area contributed by atoms with Crippen LogP contribution in [0.3, 0.4) is 0 Å². The fourth-order valence-corrected chi connectivity index (χ4v) is 5.20. The van der Waals surface area contributed by atoms with Crippen LogP contribution in [0.1, 0.15) is 0 Å². The maximum absolute atomic E-state index is 6.18. The molecule has 0 spiro atoms. The van der Waals surface area contributed by atoms with Gasteiger partial charge < -0.3 is 4.42 Å². The molecule has 5 aromatic rings. The van der Waals surface area contributed by atoms with Crippen molar-refractivity contribution in [2.75, 3.05) is 0 Å². The van der Waals surface area contributed by atoms with Gasteiger partial charge in [0.1, 0.15) is 11.2 Å². The zero-order valence-corrected chi connectivity index (χ0v) is 16.1. The molecule has 5 rings (SSSR count). The molecule has 0 N–H and O–H groups in total. The van der Waals surface area contributed by atoms with Gasteiger partial charge in [0, 0.05) is 30.4 Å². The summed E-state index contributed by atoms with van der Waals surface area (Å²) in [6, 6.07) is 33.6. The van der Waals surface area contributed by atoms with E-state index in [1.54, 1.807) is 23.5 Å². The van der Waals surface area contributed by atoms with Gasteiger partial charge in [-0.15, -0.1) is 0 Å². The number of hydrogen-bond donors (Lipinski definition) is 0. The lowest BCUT2D eigenvalue weighted by molar-refractivity contribution is 0.668. The molecular formula is C24H16OS2. The molecular weight excluding hydrogens is 368 g/mol. The molecule has 0 atom stereocenters. The molecule has 0 saturated carbocycles. The Hall–Kier alpha value is -2.62. The summed E-state index contributed by atoms with van der Waals surface area (Å²) in [5, 5.41) is 2.39. The Morgan fingerprint density at radius 1 is 0.444 bits per heavy atom. The summed E-state index contributed by atoms with van der Waals surface area (Å²) in [6.07, 6.45) is 0. The van der Waals surface area contributed by atoms with Crippen LogP contribution in [0.4, 0.5) is 0 Å². The predicted molar refractivity (Wildman–Crippen MR) is 115 cm³/mol. The second-order valence-electron chi connectivity index (χ2n) is 6.19. The molecule has 0 saturated heterocycles. The van der Waals surface area contributed by atoms with Crippen molar-refractivity contribution in [3.8, 4) is 0 Å². The predicted octanol–water partition coefficient (Wildman–Crippen LogP) is 7.89. The quantitative estimate of drug-likeness (QED) is 0.313. The van der Waals surface area contributed by atoms with E-state index in [1.807, 2.05) is 12.1 Å². The van der Waals surface area contributed by atoms with E-state index in [-0.39, 0.29) is 0 Å². The number of benzene rings is 4. The average molecular weight is 385 g/mol. The smallest absolute Gasteiger partial charge is 0.136 e. The van der Waals surface area contributed by atoms with Crippen molar-refractivity contribution in [3.05, 3.63) is 97.1 Å². The van der Waals surface area contributed by atoms with Crippen LogP contribution in [-0.4, -0.2) is 0 Å². The van der Waals surface area contributed by atoms with E-state index >= 15 is 0 Å². The monoisotopic (exact) mass is 384 g/mol. The Morgan fingerprint density at radius 2 is 0.889 bits per heavy atom. The van der Waals surface area contributed by atoms with Gasteiger partial charge in [-0.25, -0.2) is 0 Å². The van der Waals surface area contributed by atoms with Crippen LogP contribution >= 0.6 is 23.5 Å². The van der Waals surface area contributed by atoms with E-state index in [0.717, 1.165) is 11.2 Å². The zero-order chi connectivity index (χ0) is 18.1. The zero-order valence-electron chi connectivity index (χ0n) is 14.5. The number of rotatable bonds is 4. The first kappa shape index (κ1) is 16.5. The van der Waals surface area contributed by atoms with E-state index in [2.05, 4.69) is 84.9 Å². The Labute approximate surface area is 166 Å². The molecule has 0 aliphatic carbocycles. The number of furan rings is 1. The molecule has 0 aliphatic rings. The third-order valence-electron chi connectivity index (χ3n) is 4.39. The Balaban J connectivity index is 1.70. The first-order valence-electron chi connectivity index (χ1n) is 8.78. The maximum atomic E-state index is 6.18. The van der Waals surface area contributed by atoms with Gasteiger partial charge in [-0.05, 0) is 48.5 Å². The SMILES string of the molecule is c1ccc(Sc2cccc3oc4cccc(Sc5ccccc5)c4c23)cc1. The number of hydrogen-bond acceptors (Lipinski definition) is 3. The van der Waals surface area contributed by atoms with Crippen molar-refractivity contribution in [1.82, 2.24) is 0 Å². The molecule has 1 nitrogen and oxygen atoms in total. The molecule has 1 heterocycles. The van der Waals surface area contributed by atoms with Gasteiger partial charge in [-0.2, -0.15) is 0 Å². The van der Waals surface area contributed by atoms with Crippen molar-refractivity contribution in [1.29, 1.82) is 0 Å². The van der Waals surface area contributed by atoms with Gasteiger partial charge >= 0.3 is 0 Å². The first-order chi connectivity index (χ1) is 13.4. The summed E-state index contributed by atoms with van der Waals surface area (Å²) in [5.74, 6) is 0. The van der Waals surface area contributed by atoms with Crippen molar-refractivity contribution in [2.24, 2.45) is 0 Å². The largest absolute Gasteiger partial charge is 0.456 e. The van der Waals surface area contributed by atoms with Crippen LogP contribution in [0.2, 0.25) is 0 Å². The number of fused-ring (bicyclic) bond motifs is 3. The molecule has 27 heavy (non-hydrogen) atoms. The van der Waals surface area contributed by atoms with Gasteiger partial charge in [-0.1, -0.05) is 72.1 Å². The summed E-state index contributed by atoms with van der Waals surface area (Å²) in [4.78, 5) is 4.90.